The highest BCUT2D eigenvalue weighted by atomic mass is 32.1. The first-order chi connectivity index (χ1) is 4.95. The van der Waals surface area contributed by atoms with Crippen molar-refractivity contribution in [3.63, 3.8) is 0 Å². The number of hydrogen-bond acceptors (Lipinski definition) is 2. The topological polar surface area (TPSA) is 24.1 Å². The van der Waals surface area contributed by atoms with E-state index >= 15 is 0 Å². The second-order valence-electron chi connectivity index (χ2n) is 3.15. The van der Waals surface area contributed by atoms with E-state index in [9.17, 15) is 0 Å². The highest BCUT2D eigenvalue weighted by Gasteiger charge is 2.19. The summed E-state index contributed by atoms with van der Waals surface area (Å²) in [5.41, 5.74) is 0. The van der Waals surface area contributed by atoms with Gasteiger partial charge in [0.05, 0.1) is 0 Å². The summed E-state index contributed by atoms with van der Waals surface area (Å²) in [6.07, 6.45) is 6.98. The lowest BCUT2D eigenvalue weighted by Crippen LogP contribution is -2.54. The highest BCUT2D eigenvalue weighted by molar-refractivity contribution is 7.59. The van der Waals surface area contributed by atoms with Gasteiger partial charge in [-0.1, -0.05) is 12.2 Å². The number of rotatable bonds is 0. The zero-order valence-electron chi connectivity index (χ0n) is 7.14. The van der Waals surface area contributed by atoms with E-state index in [1.165, 1.54) is 12.8 Å². The molecule has 72 valence electrons. The van der Waals surface area contributed by atoms with Gasteiger partial charge in [0.15, 0.2) is 0 Å². The molecule has 3 aliphatic heterocycles. The molecule has 3 aliphatic rings. The third-order valence-electron chi connectivity index (χ3n) is 2.31. The fourth-order valence-electron chi connectivity index (χ4n) is 1.62. The SMILES string of the molecule is C1=CC[C@H]2CN[C@@H](C1)CN2.S.S. The Bertz CT molecular complexity index is 126. The summed E-state index contributed by atoms with van der Waals surface area (Å²) in [5.74, 6) is 0. The molecule has 4 heteroatoms. The van der Waals surface area contributed by atoms with Crippen LogP contribution in [-0.4, -0.2) is 25.2 Å². The Labute approximate surface area is 88.1 Å². The maximum atomic E-state index is 3.51. The van der Waals surface area contributed by atoms with Gasteiger partial charge in [-0.2, -0.15) is 27.0 Å². The number of hydrogen-bond donors (Lipinski definition) is 2. The summed E-state index contributed by atoms with van der Waals surface area (Å²) >= 11 is 0. The summed E-state index contributed by atoms with van der Waals surface area (Å²) < 4.78 is 0. The van der Waals surface area contributed by atoms with Gasteiger partial charge in [-0.3, -0.25) is 0 Å². The summed E-state index contributed by atoms with van der Waals surface area (Å²) in [6.45, 7) is 2.30. The fourth-order valence-corrected chi connectivity index (χ4v) is 1.62. The van der Waals surface area contributed by atoms with Gasteiger partial charge in [0, 0.05) is 25.2 Å². The second kappa shape index (κ2) is 5.91. The van der Waals surface area contributed by atoms with E-state index in [0.717, 1.165) is 13.1 Å². The third kappa shape index (κ3) is 3.01. The minimum Gasteiger partial charge on any atom is -0.311 e. The van der Waals surface area contributed by atoms with Crippen LogP contribution in [0, 0.1) is 0 Å². The molecular formula is C8H18N2S2. The van der Waals surface area contributed by atoms with Crippen molar-refractivity contribution in [1.29, 1.82) is 0 Å². The third-order valence-corrected chi connectivity index (χ3v) is 2.31. The van der Waals surface area contributed by atoms with Crippen molar-refractivity contribution in [3.05, 3.63) is 12.2 Å². The lowest BCUT2D eigenvalue weighted by molar-refractivity contribution is 0.340. The normalized spacial score (nSPS) is 32.7. The van der Waals surface area contributed by atoms with Crippen molar-refractivity contribution in [3.8, 4) is 0 Å². The number of fused-ring (bicyclic) bond motifs is 4. The van der Waals surface area contributed by atoms with Crippen LogP contribution >= 0.6 is 27.0 Å². The Morgan fingerprint density at radius 1 is 0.833 bits per heavy atom. The van der Waals surface area contributed by atoms with Crippen LogP contribution in [0.3, 0.4) is 0 Å². The van der Waals surface area contributed by atoms with E-state index in [-0.39, 0.29) is 27.0 Å². The van der Waals surface area contributed by atoms with Gasteiger partial charge in [0.1, 0.15) is 0 Å². The molecule has 2 bridgehead atoms. The Hall–Kier alpha value is 0.360. The average molecular weight is 206 g/mol. The van der Waals surface area contributed by atoms with Gasteiger partial charge in [-0.05, 0) is 12.8 Å². The van der Waals surface area contributed by atoms with E-state index in [0.29, 0.717) is 12.1 Å². The van der Waals surface area contributed by atoms with Crippen molar-refractivity contribution in [2.24, 2.45) is 0 Å². The molecule has 0 amide bonds. The van der Waals surface area contributed by atoms with E-state index in [1.54, 1.807) is 0 Å². The lowest BCUT2D eigenvalue weighted by atomic mass is 10.0. The molecule has 0 aromatic heterocycles. The maximum Gasteiger partial charge on any atom is 0.0227 e. The first-order valence-corrected chi connectivity index (χ1v) is 4.07. The molecule has 2 atom stereocenters. The van der Waals surface area contributed by atoms with Crippen molar-refractivity contribution in [2.45, 2.75) is 24.9 Å². The number of nitrogens with one attached hydrogen (secondary N) is 2. The molecule has 1 saturated heterocycles. The summed E-state index contributed by atoms with van der Waals surface area (Å²) in [4.78, 5) is 0. The van der Waals surface area contributed by atoms with Gasteiger partial charge >= 0.3 is 0 Å². The van der Waals surface area contributed by atoms with Gasteiger partial charge in [0.25, 0.3) is 0 Å². The second-order valence-corrected chi connectivity index (χ2v) is 3.15. The average Bonchev–Trinajstić information content (AvgIpc) is 1.89. The van der Waals surface area contributed by atoms with Crippen LogP contribution < -0.4 is 10.6 Å². The Kier molecular flexibility index (Phi) is 6.09. The van der Waals surface area contributed by atoms with Crippen LogP contribution in [0.4, 0.5) is 0 Å². The molecular weight excluding hydrogens is 188 g/mol. The Balaban J connectivity index is 0.000000605. The zero-order chi connectivity index (χ0) is 6.81. The molecule has 0 aromatic rings. The molecule has 0 aromatic carbocycles. The van der Waals surface area contributed by atoms with Crippen LogP contribution in [0.1, 0.15) is 12.8 Å². The largest absolute Gasteiger partial charge is 0.311 e. The Morgan fingerprint density at radius 2 is 1.25 bits per heavy atom. The van der Waals surface area contributed by atoms with E-state index in [1.807, 2.05) is 0 Å². The fraction of sp³-hybridized carbons (Fsp3) is 0.750. The lowest BCUT2D eigenvalue weighted by Gasteiger charge is -2.31. The monoisotopic (exact) mass is 206 g/mol. The van der Waals surface area contributed by atoms with Crippen LogP contribution in [0.25, 0.3) is 0 Å². The molecule has 0 unspecified atom stereocenters. The van der Waals surface area contributed by atoms with Crippen LogP contribution in [0.15, 0.2) is 12.2 Å². The molecule has 0 spiro atoms. The molecule has 1 fully saturated rings. The summed E-state index contributed by atoms with van der Waals surface area (Å²) in [5, 5.41) is 7.01. The highest BCUT2D eigenvalue weighted by Crippen LogP contribution is 2.06. The molecule has 2 N–H and O–H groups in total. The zero-order valence-corrected chi connectivity index (χ0v) is 9.14. The molecule has 2 nitrogen and oxygen atoms in total. The smallest absolute Gasteiger partial charge is 0.0227 e. The van der Waals surface area contributed by atoms with Gasteiger partial charge < -0.3 is 10.6 Å². The van der Waals surface area contributed by atoms with Gasteiger partial charge in [-0.25, -0.2) is 0 Å². The van der Waals surface area contributed by atoms with Crippen molar-refractivity contribution >= 4 is 27.0 Å². The molecule has 0 aliphatic carbocycles. The van der Waals surface area contributed by atoms with E-state index in [4.69, 9.17) is 0 Å². The van der Waals surface area contributed by atoms with Crippen LogP contribution in [0.2, 0.25) is 0 Å². The first-order valence-electron chi connectivity index (χ1n) is 4.07. The van der Waals surface area contributed by atoms with Crippen molar-refractivity contribution in [1.82, 2.24) is 10.6 Å². The molecule has 12 heavy (non-hydrogen) atoms. The van der Waals surface area contributed by atoms with Gasteiger partial charge in [-0.15, -0.1) is 0 Å². The minimum absolute atomic E-state index is 0. The molecule has 0 saturated carbocycles. The van der Waals surface area contributed by atoms with Gasteiger partial charge in [0.2, 0.25) is 0 Å². The van der Waals surface area contributed by atoms with Crippen molar-refractivity contribution < 1.29 is 0 Å². The number of piperazine rings is 1. The quantitative estimate of drug-likeness (QED) is 0.564. The van der Waals surface area contributed by atoms with E-state index < -0.39 is 0 Å². The van der Waals surface area contributed by atoms with E-state index in [2.05, 4.69) is 22.8 Å². The molecule has 0 radical (unpaired) electrons. The summed E-state index contributed by atoms with van der Waals surface area (Å²) in [7, 11) is 0. The minimum atomic E-state index is 0. The predicted octanol–water partition coefficient (Wildman–Crippen LogP) is 0.492. The van der Waals surface area contributed by atoms with Crippen molar-refractivity contribution in [2.75, 3.05) is 13.1 Å². The predicted molar refractivity (Wildman–Crippen MR) is 62.7 cm³/mol. The standard InChI is InChI=1S/C8H14N2.2H2S/c1-2-4-8-6-9-7(3-1)5-10-8;;/h1-2,7-10H,3-6H2;2*1H2/t7-,8-;;/m0../s1. The summed E-state index contributed by atoms with van der Waals surface area (Å²) in [6, 6.07) is 1.38. The van der Waals surface area contributed by atoms with Crippen LogP contribution in [-0.2, 0) is 0 Å². The van der Waals surface area contributed by atoms with Crippen LogP contribution in [0.5, 0.6) is 0 Å². The molecule has 3 rings (SSSR count). The molecule has 3 heterocycles. The Morgan fingerprint density at radius 3 is 1.58 bits per heavy atom. The first kappa shape index (κ1) is 12.4. The maximum absolute atomic E-state index is 3.51.